The molecular formula is C24H25N7O3. The molecule has 174 valence electrons. The lowest BCUT2D eigenvalue weighted by Crippen LogP contribution is -2.34. The van der Waals surface area contributed by atoms with Crippen LogP contribution in [0.3, 0.4) is 0 Å². The molecule has 1 aromatic carbocycles. The lowest BCUT2D eigenvalue weighted by Gasteiger charge is -2.25. The van der Waals surface area contributed by atoms with Crippen molar-refractivity contribution < 1.29 is 14.0 Å². The SMILES string of the molecule is C[C@@H]1C[C@]1(c1nc(C(N)=O)co1)[C@@H](C)Nc1c(C(N)=O)cnn2cc(-c3ccc(N)cc3)cc12. The highest BCUT2D eigenvalue weighted by Gasteiger charge is 2.60. The fourth-order valence-electron chi connectivity index (χ4n) is 4.71. The Balaban J connectivity index is 1.56. The minimum absolute atomic E-state index is 0.0875. The van der Waals surface area contributed by atoms with Gasteiger partial charge in [0.25, 0.3) is 11.8 Å². The van der Waals surface area contributed by atoms with E-state index in [1.807, 2.05) is 43.5 Å². The Morgan fingerprint density at radius 3 is 2.50 bits per heavy atom. The van der Waals surface area contributed by atoms with Crippen molar-refractivity contribution >= 4 is 28.7 Å². The summed E-state index contributed by atoms with van der Waals surface area (Å²) in [7, 11) is 0. The summed E-state index contributed by atoms with van der Waals surface area (Å²) in [6, 6.07) is 9.25. The molecule has 0 aliphatic heterocycles. The molecule has 4 aromatic rings. The fourth-order valence-corrected chi connectivity index (χ4v) is 4.71. The van der Waals surface area contributed by atoms with Crippen molar-refractivity contribution in [3.05, 3.63) is 66.1 Å². The number of nitrogens with one attached hydrogen (secondary N) is 1. The molecule has 3 heterocycles. The van der Waals surface area contributed by atoms with Crippen LogP contribution in [0.2, 0.25) is 0 Å². The minimum Gasteiger partial charge on any atom is -0.447 e. The Morgan fingerprint density at radius 2 is 1.91 bits per heavy atom. The summed E-state index contributed by atoms with van der Waals surface area (Å²) in [5.74, 6) is -0.557. The number of amides is 2. The van der Waals surface area contributed by atoms with Gasteiger partial charge in [-0.05, 0) is 43.0 Å². The summed E-state index contributed by atoms with van der Waals surface area (Å²) in [5, 5.41) is 7.86. The summed E-state index contributed by atoms with van der Waals surface area (Å²) in [6.45, 7) is 4.07. The van der Waals surface area contributed by atoms with Gasteiger partial charge in [0.05, 0.1) is 28.4 Å². The largest absolute Gasteiger partial charge is 0.447 e. The highest BCUT2D eigenvalue weighted by Crippen LogP contribution is 2.56. The average Bonchev–Trinajstić information content (AvgIpc) is 3.16. The van der Waals surface area contributed by atoms with Crippen molar-refractivity contribution in [2.75, 3.05) is 11.1 Å². The molecule has 34 heavy (non-hydrogen) atoms. The van der Waals surface area contributed by atoms with Crippen LogP contribution in [0.5, 0.6) is 0 Å². The van der Waals surface area contributed by atoms with Gasteiger partial charge in [-0.15, -0.1) is 0 Å². The third-order valence-electron chi connectivity index (χ3n) is 6.80. The van der Waals surface area contributed by atoms with Gasteiger partial charge in [-0.25, -0.2) is 9.50 Å². The van der Waals surface area contributed by atoms with Gasteiger partial charge in [0, 0.05) is 23.5 Å². The molecule has 0 radical (unpaired) electrons. The zero-order chi connectivity index (χ0) is 24.2. The Hall–Kier alpha value is -4.34. The van der Waals surface area contributed by atoms with Crippen molar-refractivity contribution in [1.29, 1.82) is 0 Å². The van der Waals surface area contributed by atoms with Gasteiger partial charge in [0.15, 0.2) is 5.69 Å². The molecule has 10 heteroatoms. The monoisotopic (exact) mass is 459 g/mol. The standard InChI is InChI=1S/C24H25N7O3/c1-12-8-24(12,23-30-18(11-34-23)22(27)33)13(2)29-20-17(21(26)32)9-28-31-10-15(7-19(20)31)14-3-5-16(25)6-4-14/h3-7,9-13,29H,8,25H2,1-2H3,(H2,26,32)(H2,27,33)/t12-,13-,24-/m1/s1. The second-order valence-electron chi connectivity index (χ2n) is 8.89. The average molecular weight is 460 g/mol. The Labute approximate surface area is 195 Å². The zero-order valence-electron chi connectivity index (χ0n) is 18.8. The van der Waals surface area contributed by atoms with Crippen molar-refractivity contribution in [2.24, 2.45) is 17.4 Å². The number of nitrogens with two attached hydrogens (primary N) is 3. The van der Waals surface area contributed by atoms with E-state index >= 15 is 0 Å². The maximum absolute atomic E-state index is 12.3. The van der Waals surface area contributed by atoms with E-state index in [-0.39, 0.29) is 23.2 Å². The van der Waals surface area contributed by atoms with Gasteiger partial charge < -0.3 is 26.9 Å². The van der Waals surface area contributed by atoms with Crippen molar-refractivity contribution in [3.8, 4) is 11.1 Å². The highest BCUT2D eigenvalue weighted by molar-refractivity contribution is 6.02. The summed E-state index contributed by atoms with van der Waals surface area (Å²) < 4.78 is 7.35. The number of hydrogen-bond donors (Lipinski definition) is 4. The van der Waals surface area contributed by atoms with E-state index in [2.05, 4.69) is 22.3 Å². The summed E-state index contributed by atoms with van der Waals surface area (Å²) in [5.41, 5.74) is 20.6. The Bertz CT molecular complexity index is 1420. The molecule has 3 atom stereocenters. The fraction of sp³-hybridized carbons (Fsp3) is 0.250. The second kappa shape index (κ2) is 7.62. The van der Waals surface area contributed by atoms with Crippen LogP contribution in [0.25, 0.3) is 16.6 Å². The molecule has 7 N–H and O–H groups in total. The first kappa shape index (κ1) is 21.5. The van der Waals surface area contributed by atoms with Crippen LogP contribution in [0.1, 0.15) is 47.0 Å². The second-order valence-corrected chi connectivity index (χ2v) is 8.89. The lowest BCUT2D eigenvalue weighted by molar-refractivity contribution is 0.0989. The maximum Gasteiger partial charge on any atom is 0.270 e. The van der Waals surface area contributed by atoms with Gasteiger partial charge in [0.1, 0.15) is 6.26 Å². The molecule has 0 saturated heterocycles. The number of aromatic nitrogens is 3. The molecule has 0 unspecified atom stereocenters. The summed E-state index contributed by atoms with van der Waals surface area (Å²) >= 11 is 0. The molecule has 1 aliphatic carbocycles. The predicted molar refractivity (Wildman–Crippen MR) is 127 cm³/mol. The van der Waals surface area contributed by atoms with Crippen molar-refractivity contribution in [2.45, 2.75) is 31.7 Å². The Kier molecular flexibility index (Phi) is 4.82. The Morgan fingerprint density at radius 1 is 1.21 bits per heavy atom. The number of benzene rings is 1. The first-order chi connectivity index (χ1) is 16.2. The van der Waals surface area contributed by atoms with Crippen LogP contribution in [0, 0.1) is 5.92 Å². The number of rotatable bonds is 7. The third kappa shape index (κ3) is 3.35. The van der Waals surface area contributed by atoms with Gasteiger partial charge >= 0.3 is 0 Å². The molecule has 1 aliphatic rings. The predicted octanol–water partition coefficient (Wildman–Crippen LogP) is 2.55. The van der Waals surface area contributed by atoms with Gasteiger partial charge in [-0.2, -0.15) is 5.10 Å². The quantitative estimate of drug-likeness (QED) is 0.308. The summed E-state index contributed by atoms with van der Waals surface area (Å²) in [4.78, 5) is 28.1. The van der Waals surface area contributed by atoms with Gasteiger partial charge in [-0.3, -0.25) is 9.59 Å². The van der Waals surface area contributed by atoms with Crippen molar-refractivity contribution in [1.82, 2.24) is 14.6 Å². The number of carbonyl (C=O) groups is 2. The van der Waals surface area contributed by atoms with Crippen LogP contribution in [0.15, 0.2) is 53.4 Å². The lowest BCUT2D eigenvalue weighted by atomic mass is 9.94. The number of hydrogen-bond acceptors (Lipinski definition) is 7. The van der Waals surface area contributed by atoms with Gasteiger partial charge in [0.2, 0.25) is 5.89 Å². The third-order valence-corrected chi connectivity index (χ3v) is 6.80. The molecule has 1 saturated carbocycles. The maximum atomic E-state index is 12.3. The highest BCUT2D eigenvalue weighted by atomic mass is 16.3. The van der Waals surface area contributed by atoms with Crippen LogP contribution >= 0.6 is 0 Å². The first-order valence-corrected chi connectivity index (χ1v) is 10.9. The molecule has 10 nitrogen and oxygen atoms in total. The minimum atomic E-state index is -0.644. The molecule has 3 aromatic heterocycles. The molecule has 0 spiro atoms. The topological polar surface area (TPSA) is 168 Å². The number of oxazole rings is 1. The summed E-state index contributed by atoms with van der Waals surface area (Å²) in [6.07, 6.45) is 5.41. The van der Waals surface area contributed by atoms with E-state index < -0.39 is 17.2 Å². The molecule has 5 rings (SSSR count). The van der Waals surface area contributed by atoms with E-state index in [9.17, 15) is 9.59 Å². The van der Waals surface area contributed by atoms with Crippen molar-refractivity contribution in [3.63, 3.8) is 0 Å². The molecular weight excluding hydrogens is 434 g/mol. The van der Waals surface area contributed by atoms with Gasteiger partial charge in [-0.1, -0.05) is 19.1 Å². The smallest absolute Gasteiger partial charge is 0.270 e. The van der Waals surface area contributed by atoms with E-state index in [1.54, 1.807) is 4.52 Å². The number of primary amides is 2. The van der Waals surface area contributed by atoms with E-state index in [0.29, 0.717) is 22.8 Å². The number of nitrogens with zero attached hydrogens (tertiary/aromatic N) is 3. The molecule has 1 fully saturated rings. The zero-order valence-corrected chi connectivity index (χ0v) is 18.8. The number of nitrogen functional groups attached to an aromatic ring is 1. The van der Waals surface area contributed by atoms with Crippen LogP contribution < -0.4 is 22.5 Å². The molecule has 2 amide bonds. The van der Waals surface area contributed by atoms with E-state index in [4.69, 9.17) is 21.6 Å². The molecule has 0 bridgehead atoms. The first-order valence-electron chi connectivity index (χ1n) is 10.9. The van der Waals surface area contributed by atoms with Crippen LogP contribution in [-0.2, 0) is 5.41 Å². The number of fused-ring (bicyclic) bond motifs is 1. The van der Waals surface area contributed by atoms with E-state index in [1.165, 1.54) is 12.5 Å². The van der Waals surface area contributed by atoms with E-state index in [0.717, 1.165) is 17.5 Å². The van der Waals surface area contributed by atoms with Crippen LogP contribution in [0.4, 0.5) is 11.4 Å². The number of anilines is 2. The number of carbonyl (C=O) groups excluding carboxylic acids is 2. The van der Waals surface area contributed by atoms with Crippen LogP contribution in [-0.4, -0.2) is 32.5 Å². The normalized spacial score (nSPS) is 20.2.